The molecule has 1 aromatic heterocycles. The largest absolute Gasteiger partial charge is 0.330 e. The lowest BCUT2D eigenvalue weighted by Gasteiger charge is -2.15. The summed E-state index contributed by atoms with van der Waals surface area (Å²) < 4.78 is 24.4. The van der Waals surface area contributed by atoms with Gasteiger partial charge in [0.05, 0.1) is 17.8 Å². The van der Waals surface area contributed by atoms with Crippen LogP contribution in [-0.2, 0) is 16.4 Å². The summed E-state index contributed by atoms with van der Waals surface area (Å²) in [6.45, 7) is 5.68. The van der Waals surface area contributed by atoms with Crippen molar-refractivity contribution in [3.63, 3.8) is 0 Å². The highest BCUT2D eigenvalue weighted by molar-refractivity contribution is 7.90. The first kappa shape index (κ1) is 14.2. The first-order chi connectivity index (χ1) is 7.94. The lowest BCUT2D eigenvalue weighted by Crippen LogP contribution is -2.21. The Balaban J connectivity index is 2.67. The van der Waals surface area contributed by atoms with Gasteiger partial charge in [0, 0.05) is 25.0 Å². The van der Waals surface area contributed by atoms with Gasteiger partial charge >= 0.3 is 0 Å². The van der Waals surface area contributed by atoms with Crippen molar-refractivity contribution in [2.75, 3.05) is 18.6 Å². The summed E-state index contributed by atoms with van der Waals surface area (Å²) in [6.07, 6.45) is 5.81. The van der Waals surface area contributed by atoms with Crippen molar-refractivity contribution in [2.45, 2.75) is 32.9 Å². The fourth-order valence-corrected chi connectivity index (χ4v) is 2.81. The quantitative estimate of drug-likeness (QED) is 0.742. The molecular formula is C11H21N3O2S. The zero-order valence-electron chi connectivity index (χ0n) is 10.7. The van der Waals surface area contributed by atoms with Crippen LogP contribution in [0, 0.1) is 0 Å². The lowest BCUT2D eigenvalue weighted by atomic mass is 10.3. The molecule has 0 aliphatic rings. The van der Waals surface area contributed by atoms with Crippen LogP contribution in [0.1, 0.15) is 32.0 Å². The number of sulfone groups is 1. The third-order valence-corrected chi connectivity index (χ3v) is 3.59. The van der Waals surface area contributed by atoms with Gasteiger partial charge in [0.1, 0.15) is 9.84 Å². The summed E-state index contributed by atoms with van der Waals surface area (Å²) in [4.78, 5) is 4.08. The van der Waals surface area contributed by atoms with Crippen molar-refractivity contribution in [3.8, 4) is 0 Å². The maximum atomic E-state index is 11.3. The Labute approximate surface area is 103 Å². The fraction of sp³-hybridized carbons (Fsp3) is 0.727. The molecule has 1 unspecified atom stereocenters. The van der Waals surface area contributed by atoms with Crippen molar-refractivity contribution in [1.82, 2.24) is 14.9 Å². The molecule has 0 amide bonds. The average Bonchev–Trinajstić information content (AvgIpc) is 2.64. The lowest BCUT2D eigenvalue weighted by molar-refractivity contribution is 0.535. The minimum absolute atomic E-state index is 0.0778. The summed E-state index contributed by atoms with van der Waals surface area (Å²) in [7, 11) is -2.96. The van der Waals surface area contributed by atoms with E-state index in [1.165, 1.54) is 6.26 Å². The van der Waals surface area contributed by atoms with E-state index in [9.17, 15) is 8.42 Å². The first-order valence-corrected chi connectivity index (χ1v) is 7.89. The second-order valence-corrected chi connectivity index (χ2v) is 6.60. The molecule has 0 fully saturated rings. The van der Waals surface area contributed by atoms with Gasteiger partial charge in [-0.1, -0.05) is 6.92 Å². The smallest absolute Gasteiger partial charge is 0.149 e. The summed E-state index contributed by atoms with van der Waals surface area (Å²) in [5.74, 6) is 0.143. The number of imidazole rings is 1. The van der Waals surface area contributed by atoms with Crippen molar-refractivity contribution in [1.29, 1.82) is 0 Å². The molecule has 1 aromatic rings. The molecule has 1 rings (SSSR count). The van der Waals surface area contributed by atoms with Crippen molar-refractivity contribution in [3.05, 3.63) is 18.2 Å². The second-order valence-electron chi connectivity index (χ2n) is 4.41. The molecule has 1 heterocycles. The summed E-state index contributed by atoms with van der Waals surface area (Å²) in [5, 5.41) is 3.29. The minimum atomic E-state index is -2.96. The molecular weight excluding hydrogens is 238 g/mol. The minimum Gasteiger partial charge on any atom is -0.330 e. The van der Waals surface area contributed by atoms with Crippen LogP contribution in [0.5, 0.6) is 0 Å². The molecule has 17 heavy (non-hydrogen) atoms. The van der Waals surface area contributed by atoms with Crippen LogP contribution in [0.2, 0.25) is 0 Å². The molecule has 0 aromatic carbocycles. The average molecular weight is 259 g/mol. The highest BCUT2D eigenvalue weighted by atomic mass is 32.2. The predicted molar refractivity (Wildman–Crippen MR) is 68.6 cm³/mol. The highest BCUT2D eigenvalue weighted by Gasteiger charge is 2.14. The van der Waals surface area contributed by atoms with Gasteiger partial charge in [-0.25, -0.2) is 13.4 Å². The Morgan fingerprint density at radius 2 is 2.24 bits per heavy atom. The van der Waals surface area contributed by atoms with E-state index in [1.54, 1.807) is 12.5 Å². The van der Waals surface area contributed by atoms with Crippen molar-refractivity contribution in [2.24, 2.45) is 0 Å². The molecule has 0 aliphatic heterocycles. The summed E-state index contributed by atoms with van der Waals surface area (Å²) >= 11 is 0. The number of hydrogen-bond donors (Lipinski definition) is 1. The van der Waals surface area contributed by atoms with Crippen LogP contribution in [0.15, 0.2) is 12.5 Å². The molecule has 1 N–H and O–H groups in total. The summed E-state index contributed by atoms with van der Waals surface area (Å²) in [6, 6.07) is -0.0778. The number of nitrogens with one attached hydrogen (secondary N) is 1. The highest BCUT2D eigenvalue weighted by Crippen LogP contribution is 2.11. The van der Waals surface area contributed by atoms with Gasteiger partial charge in [0.2, 0.25) is 0 Å². The maximum Gasteiger partial charge on any atom is 0.149 e. The van der Waals surface area contributed by atoms with E-state index in [0.717, 1.165) is 25.2 Å². The zero-order valence-corrected chi connectivity index (χ0v) is 11.5. The normalized spacial score (nSPS) is 13.8. The zero-order chi connectivity index (χ0) is 12.9. The van der Waals surface area contributed by atoms with Gasteiger partial charge in [-0.15, -0.1) is 0 Å². The van der Waals surface area contributed by atoms with Crippen LogP contribution in [-0.4, -0.2) is 36.5 Å². The Hall–Kier alpha value is -0.880. The third-order valence-electron chi connectivity index (χ3n) is 2.50. The maximum absolute atomic E-state index is 11.3. The number of aromatic nitrogens is 2. The van der Waals surface area contributed by atoms with E-state index in [0.29, 0.717) is 0 Å². The topological polar surface area (TPSA) is 64.0 Å². The molecule has 0 saturated heterocycles. The monoisotopic (exact) mass is 259 g/mol. The van der Waals surface area contributed by atoms with Crippen molar-refractivity contribution >= 4 is 9.84 Å². The van der Waals surface area contributed by atoms with Crippen LogP contribution in [0.3, 0.4) is 0 Å². The molecule has 0 spiro atoms. The van der Waals surface area contributed by atoms with Gasteiger partial charge in [-0.3, -0.25) is 0 Å². The molecule has 0 bridgehead atoms. The Bertz CT molecular complexity index is 439. The van der Waals surface area contributed by atoms with E-state index >= 15 is 0 Å². The molecule has 6 heteroatoms. The standard InChI is InChI=1S/C11H21N3O2S/c1-4-5-12-6-11-7-13-9-14(11)10(2)8-17(3,15)16/h7,9-10,12H,4-6,8H2,1-3H3. The van der Waals surface area contributed by atoms with E-state index in [4.69, 9.17) is 0 Å². The van der Waals surface area contributed by atoms with Crippen LogP contribution < -0.4 is 5.32 Å². The molecule has 98 valence electrons. The molecule has 1 atom stereocenters. The molecule has 5 nitrogen and oxygen atoms in total. The first-order valence-electron chi connectivity index (χ1n) is 5.83. The van der Waals surface area contributed by atoms with Gasteiger partial charge in [0.15, 0.2) is 0 Å². The van der Waals surface area contributed by atoms with Gasteiger partial charge < -0.3 is 9.88 Å². The molecule has 0 aliphatic carbocycles. The van der Waals surface area contributed by atoms with Gasteiger partial charge in [0.25, 0.3) is 0 Å². The van der Waals surface area contributed by atoms with E-state index in [-0.39, 0.29) is 11.8 Å². The van der Waals surface area contributed by atoms with Crippen molar-refractivity contribution < 1.29 is 8.42 Å². The Kier molecular flexibility index (Phi) is 5.14. The number of nitrogens with zero attached hydrogens (tertiary/aromatic N) is 2. The van der Waals surface area contributed by atoms with Gasteiger partial charge in [-0.2, -0.15) is 0 Å². The number of rotatable bonds is 7. The van der Waals surface area contributed by atoms with E-state index in [2.05, 4.69) is 17.2 Å². The SMILES string of the molecule is CCCNCc1cncn1C(C)CS(C)(=O)=O. The Morgan fingerprint density at radius 3 is 2.82 bits per heavy atom. The summed E-state index contributed by atoms with van der Waals surface area (Å²) in [5.41, 5.74) is 1.02. The second kappa shape index (κ2) is 6.16. The van der Waals surface area contributed by atoms with E-state index in [1.807, 2.05) is 11.5 Å². The van der Waals surface area contributed by atoms with Gasteiger partial charge in [-0.05, 0) is 19.9 Å². The van der Waals surface area contributed by atoms with E-state index < -0.39 is 9.84 Å². The van der Waals surface area contributed by atoms with Crippen LogP contribution in [0.25, 0.3) is 0 Å². The Morgan fingerprint density at radius 1 is 1.53 bits per heavy atom. The number of hydrogen-bond acceptors (Lipinski definition) is 4. The molecule has 0 saturated carbocycles. The predicted octanol–water partition coefficient (Wildman–Crippen LogP) is 0.988. The van der Waals surface area contributed by atoms with Crippen LogP contribution in [0.4, 0.5) is 0 Å². The fourth-order valence-electron chi connectivity index (χ4n) is 1.78. The van der Waals surface area contributed by atoms with Crippen LogP contribution >= 0.6 is 0 Å². The third kappa shape index (κ3) is 4.87. The molecule has 0 radical (unpaired) electrons.